The van der Waals surface area contributed by atoms with Gasteiger partial charge in [0.05, 0.1) is 10.7 Å². The summed E-state index contributed by atoms with van der Waals surface area (Å²) in [5.74, 6) is 0.0648. The van der Waals surface area contributed by atoms with Gasteiger partial charge in [-0.2, -0.15) is 8.42 Å². The highest BCUT2D eigenvalue weighted by molar-refractivity contribution is 7.85. The van der Waals surface area contributed by atoms with Gasteiger partial charge in [0.15, 0.2) is 11.4 Å². The first kappa shape index (κ1) is 11.2. The lowest BCUT2D eigenvalue weighted by atomic mass is 10.5. The van der Waals surface area contributed by atoms with Crippen molar-refractivity contribution in [3.05, 3.63) is 18.7 Å². The molecule has 0 spiro atoms. The Morgan fingerprint density at radius 3 is 3.00 bits per heavy atom. The van der Waals surface area contributed by atoms with Crippen molar-refractivity contribution in [3.8, 4) is 10.8 Å². The van der Waals surface area contributed by atoms with E-state index in [1.54, 1.807) is 6.20 Å². The third kappa shape index (κ3) is 2.84. The predicted molar refractivity (Wildman–Crippen MR) is 54.2 cm³/mol. The number of hydrogen-bond acceptors (Lipinski definition) is 6. The predicted octanol–water partition coefficient (Wildman–Crippen LogP) is -0.0266. The monoisotopic (exact) mass is 262 g/mol. The number of nitrogens with zero attached hydrogens (tertiary/aromatic N) is 3. The van der Waals surface area contributed by atoms with E-state index in [1.807, 2.05) is 0 Å². The summed E-state index contributed by atoms with van der Waals surface area (Å²) >= 11 is 1.14. The molecule has 2 aromatic heterocycles. The standard InChI is InChI=1S/C7H7N3O4S2/c11-16(12,13)4-2-10-5-6(15-9-10)7-8-1-3-14-7/h1,3,5H,2,4H2/p+1. The zero-order valence-electron chi connectivity index (χ0n) is 7.98. The van der Waals surface area contributed by atoms with Crippen molar-refractivity contribution in [3.63, 3.8) is 0 Å². The Labute approximate surface area is 95.3 Å². The molecule has 86 valence electrons. The number of hydrogen-bond donors (Lipinski definition) is 1. The van der Waals surface area contributed by atoms with E-state index in [1.165, 1.54) is 17.1 Å². The summed E-state index contributed by atoms with van der Waals surface area (Å²) < 4.78 is 40.1. The molecule has 0 aliphatic rings. The molecule has 9 heteroatoms. The van der Waals surface area contributed by atoms with Gasteiger partial charge in [-0.3, -0.25) is 4.55 Å². The summed E-state index contributed by atoms with van der Waals surface area (Å²) in [6, 6.07) is 0. The molecule has 0 aromatic carbocycles. The van der Waals surface area contributed by atoms with Gasteiger partial charge in [0.25, 0.3) is 10.1 Å². The second-order valence-electron chi connectivity index (χ2n) is 2.95. The lowest BCUT2D eigenvalue weighted by Crippen LogP contribution is -2.37. The minimum atomic E-state index is -3.96. The number of oxazole rings is 1. The highest BCUT2D eigenvalue weighted by Gasteiger charge is 2.17. The maximum atomic E-state index is 10.5. The molecule has 0 atom stereocenters. The van der Waals surface area contributed by atoms with Crippen LogP contribution < -0.4 is 4.68 Å². The Balaban J connectivity index is 2.09. The average Bonchev–Trinajstić information content (AvgIpc) is 2.84. The Bertz CT molecular complexity index is 560. The molecule has 1 N–H and O–H groups in total. The van der Waals surface area contributed by atoms with Crippen molar-refractivity contribution in [1.82, 2.24) is 9.47 Å². The SMILES string of the molecule is O=S(=O)(O)CC[n+]1cc(-c2ncco2)sn1. The van der Waals surface area contributed by atoms with E-state index in [4.69, 9.17) is 8.97 Å². The molecule has 2 aromatic rings. The molecule has 0 radical (unpaired) electrons. The molecule has 2 rings (SSSR count). The van der Waals surface area contributed by atoms with E-state index in [2.05, 4.69) is 9.47 Å². The summed E-state index contributed by atoms with van der Waals surface area (Å²) in [6.07, 6.45) is 4.57. The normalized spacial score (nSPS) is 11.8. The molecule has 0 unspecified atom stereocenters. The molecule has 0 bridgehead atoms. The minimum absolute atomic E-state index is 0.0933. The molecule has 0 amide bonds. The molecule has 2 heterocycles. The maximum Gasteiger partial charge on any atom is 0.271 e. The minimum Gasteiger partial charge on any atom is -0.444 e. The number of rotatable bonds is 4. The van der Waals surface area contributed by atoms with Crippen molar-refractivity contribution in [2.75, 3.05) is 5.75 Å². The third-order valence-electron chi connectivity index (χ3n) is 1.73. The average molecular weight is 262 g/mol. The molecular weight excluding hydrogens is 254 g/mol. The second kappa shape index (κ2) is 4.28. The Hall–Kier alpha value is -1.32. The van der Waals surface area contributed by atoms with Crippen LogP contribution in [0, 0.1) is 0 Å². The fraction of sp³-hybridized carbons (Fsp3) is 0.286. The summed E-state index contributed by atoms with van der Waals surface area (Å²) in [7, 11) is -3.96. The molecule has 0 aliphatic carbocycles. The van der Waals surface area contributed by atoms with E-state index in [0.29, 0.717) is 10.8 Å². The molecule has 16 heavy (non-hydrogen) atoms. The highest BCUT2D eigenvalue weighted by Crippen LogP contribution is 2.17. The summed E-state index contributed by atoms with van der Waals surface area (Å²) in [5.41, 5.74) is 0. The van der Waals surface area contributed by atoms with Gasteiger partial charge < -0.3 is 4.42 Å². The quantitative estimate of drug-likeness (QED) is 0.614. The Morgan fingerprint density at radius 1 is 1.56 bits per heavy atom. The van der Waals surface area contributed by atoms with Gasteiger partial charge in [0.2, 0.25) is 12.1 Å². The van der Waals surface area contributed by atoms with Crippen LogP contribution in [-0.4, -0.2) is 28.2 Å². The van der Waals surface area contributed by atoms with E-state index in [9.17, 15) is 8.42 Å². The highest BCUT2D eigenvalue weighted by atomic mass is 32.2. The Morgan fingerprint density at radius 2 is 2.38 bits per heavy atom. The number of aromatic nitrogens is 3. The van der Waals surface area contributed by atoms with Crippen LogP contribution in [0.5, 0.6) is 0 Å². The van der Waals surface area contributed by atoms with Crippen molar-refractivity contribution in [2.45, 2.75) is 6.54 Å². The van der Waals surface area contributed by atoms with Crippen LogP contribution in [-0.2, 0) is 16.7 Å². The molecule has 0 saturated heterocycles. The van der Waals surface area contributed by atoms with Crippen molar-refractivity contribution in [1.29, 1.82) is 0 Å². The van der Waals surface area contributed by atoms with Gasteiger partial charge in [-0.15, -0.1) is 0 Å². The van der Waals surface area contributed by atoms with Gasteiger partial charge in [0, 0.05) is 11.5 Å². The van der Waals surface area contributed by atoms with Crippen molar-refractivity contribution >= 4 is 21.7 Å². The van der Waals surface area contributed by atoms with Gasteiger partial charge in [-0.05, 0) is 0 Å². The lowest BCUT2D eigenvalue weighted by Gasteiger charge is -1.87. The van der Waals surface area contributed by atoms with Gasteiger partial charge in [-0.1, -0.05) is 4.68 Å². The first-order chi connectivity index (χ1) is 7.54. The van der Waals surface area contributed by atoms with Gasteiger partial charge in [-0.25, -0.2) is 4.98 Å². The first-order valence-electron chi connectivity index (χ1n) is 4.26. The zero-order chi connectivity index (χ0) is 11.6. The van der Waals surface area contributed by atoms with Crippen LogP contribution in [0.1, 0.15) is 0 Å². The van der Waals surface area contributed by atoms with Crippen LogP contribution >= 0.6 is 11.5 Å². The molecule has 0 saturated carbocycles. The zero-order valence-corrected chi connectivity index (χ0v) is 9.61. The molecule has 0 fully saturated rings. The summed E-state index contributed by atoms with van der Waals surface area (Å²) in [4.78, 5) is 4.63. The lowest BCUT2D eigenvalue weighted by molar-refractivity contribution is -0.742. The second-order valence-corrected chi connectivity index (χ2v) is 5.31. The van der Waals surface area contributed by atoms with E-state index >= 15 is 0 Å². The van der Waals surface area contributed by atoms with Crippen molar-refractivity contribution in [2.24, 2.45) is 0 Å². The van der Waals surface area contributed by atoms with Gasteiger partial charge >= 0.3 is 0 Å². The van der Waals surface area contributed by atoms with Crippen LogP contribution in [0.15, 0.2) is 23.1 Å². The van der Waals surface area contributed by atoms with Crippen LogP contribution in [0.2, 0.25) is 0 Å². The van der Waals surface area contributed by atoms with Crippen molar-refractivity contribution < 1.29 is 22.1 Å². The van der Waals surface area contributed by atoms with E-state index < -0.39 is 10.1 Å². The van der Waals surface area contributed by atoms with E-state index in [0.717, 1.165) is 11.5 Å². The first-order valence-corrected chi connectivity index (χ1v) is 6.64. The summed E-state index contributed by atoms with van der Waals surface area (Å²) in [6.45, 7) is 0.0933. The Kier molecular flexibility index (Phi) is 2.99. The molecular formula is C7H8N3O4S2+. The largest absolute Gasteiger partial charge is 0.444 e. The summed E-state index contributed by atoms with van der Waals surface area (Å²) in [5, 5.41) is 0. The van der Waals surface area contributed by atoms with Crippen LogP contribution in [0.4, 0.5) is 0 Å². The fourth-order valence-electron chi connectivity index (χ4n) is 1.03. The molecule has 7 nitrogen and oxygen atoms in total. The number of aryl methyl sites for hydroxylation is 1. The molecule has 0 aliphatic heterocycles. The third-order valence-corrected chi connectivity index (χ3v) is 3.20. The maximum absolute atomic E-state index is 10.5. The van der Waals surface area contributed by atoms with Crippen LogP contribution in [0.25, 0.3) is 10.8 Å². The van der Waals surface area contributed by atoms with Crippen LogP contribution in [0.3, 0.4) is 0 Å². The fourth-order valence-corrected chi connectivity index (χ4v) is 2.12. The van der Waals surface area contributed by atoms with Gasteiger partial charge in [0.1, 0.15) is 12.0 Å². The van der Waals surface area contributed by atoms with E-state index in [-0.39, 0.29) is 12.3 Å². The smallest absolute Gasteiger partial charge is 0.271 e. The topological polar surface area (TPSA) is 97.2 Å².